The fourth-order valence-corrected chi connectivity index (χ4v) is 2.92. The van der Waals surface area contributed by atoms with Crippen LogP contribution in [0.25, 0.3) is 0 Å². The molecule has 4 heteroatoms. The number of benzene rings is 1. The van der Waals surface area contributed by atoms with Crippen LogP contribution in [0.15, 0.2) is 47.1 Å². The van der Waals surface area contributed by atoms with Gasteiger partial charge in [-0.2, -0.15) is 0 Å². The first-order valence-corrected chi connectivity index (χ1v) is 9.78. The van der Waals surface area contributed by atoms with Crippen molar-refractivity contribution in [2.75, 3.05) is 18.5 Å². The second-order valence-corrected chi connectivity index (χ2v) is 6.53. The summed E-state index contributed by atoms with van der Waals surface area (Å²) in [6.07, 6.45) is 9.87. The lowest BCUT2D eigenvalue weighted by molar-refractivity contribution is -0.143. The van der Waals surface area contributed by atoms with E-state index >= 15 is 0 Å². The van der Waals surface area contributed by atoms with Gasteiger partial charge in [-0.1, -0.05) is 25.0 Å². The Morgan fingerprint density at radius 2 is 1.81 bits per heavy atom. The van der Waals surface area contributed by atoms with Crippen molar-refractivity contribution in [1.82, 2.24) is 0 Å². The summed E-state index contributed by atoms with van der Waals surface area (Å²) < 4.78 is 10.3. The molecule has 26 heavy (non-hydrogen) atoms. The SMILES string of the molecule is CCOC(=O)CCCc1ccc(NCCCCCCc2ccco2)cc1. The quantitative estimate of drug-likeness (QED) is 0.386. The number of furan rings is 1. The molecule has 2 rings (SSSR count). The van der Waals surface area contributed by atoms with E-state index in [1.54, 1.807) is 6.26 Å². The van der Waals surface area contributed by atoms with Gasteiger partial charge in [-0.3, -0.25) is 4.79 Å². The Bertz CT molecular complexity index is 605. The van der Waals surface area contributed by atoms with Gasteiger partial charge in [0.1, 0.15) is 5.76 Å². The van der Waals surface area contributed by atoms with Crippen molar-refractivity contribution in [2.24, 2.45) is 0 Å². The number of aryl methyl sites for hydroxylation is 2. The van der Waals surface area contributed by atoms with Crippen molar-refractivity contribution >= 4 is 11.7 Å². The standard InChI is InChI=1S/C22H31NO3/c1-2-25-22(24)12-7-9-19-13-15-20(16-14-19)23-17-6-4-3-5-10-21-11-8-18-26-21/h8,11,13-16,18,23H,2-7,9-10,12,17H2,1H3. The molecular formula is C22H31NO3. The molecule has 1 aromatic heterocycles. The maximum absolute atomic E-state index is 11.3. The second kappa shape index (κ2) is 12.2. The summed E-state index contributed by atoms with van der Waals surface area (Å²) in [4.78, 5) is 11.3. The zero-order valence-electron chi connectivity index (χ0n) is 15.8. The van der Waals surface area contributed by atoms with E-state index < -0.39 is 0 Å². The van der Waals surface area contributed by atoms with Crippen molar-refractivity contribution in [3.63, 3.8) is 0 Å². The number of nitrogens with one attached hydrogen (secondary N) is 1. The van der Waals surface area contributed by atoms with Crippen molar-refractivity contribution in [3.05, 3.63) is 54.0 Å². The number of hydrogen-bond acceptors (Lipinski definition) is 4. The van der Waals surface area contributed by atoms with E-state index in [0.717, 1.165) is 37.3 Å². The van der Waals surface area contributed by atoms with Crippen LogP contribution in [0.4, 0.5) is 5.69 Å². The molecule has 0 saturated heterocycles. The molecule has 0 spiro atoms. The van der Waals surface area contributed by atoms with Gasteiger partial charge in [0.25, 0.3) is 0 Å². The molecule has 1 heterocycles. The fraction of sp³-hybridized carbons (Fsp3) is 0.500. The summed E-state index contributed by atoms with van der Waals surface area (Å²) in [5, 5.41) is 3.47. The van der Waals surface area contributed by atoms with Crippen LogP contribution >= 0.6 is 0 Å². The number of carbonyl (C=O) groups excluding carboxylic acids is 1. The molecule has 0 aliphatic carbocycles. The third-order valence-corrected chi connectivity index (χ3v) is 4.36. The predicted molar refractivity (Wildman–Crippen MR) is 105 cm³/mol. The number of ether oxygens (including phenoxy) is 1. The highest BCUT2D eigenvalue weighted by Crippen LogP contribution is 2.13. The zero-order chi connectivity index (χ0) is 18.5. The highest BCUT2D eigenvalue weighted by Gasteiger charge is 2.02. The zero-order valence-corrected chi connectivity index (χ0v) is 15.8. The Kier molecular flexibility index (Phi) is 9.41. The third-order valence-electron chi connectivity index (χ3n) is 4.36. The molecule has 1 aromatic carbocycles. The molecule has 142 valence electrons. The minimum Gasteiger partial charge on any atom is -0.469 e. The number of carbonyl (C=O) groups is 1. The highest BCUT2D eigenvalue weighted by atomic mass is 16.5. The maximum atomic E-state index is 11.3. The van der Waals surface area contributed by atoms with Crippen LogP contribution in [0, 0.1) is 0 Å². The summed E-state index contributed by atoms with van der Waals surface area (Å²) in [6.45, 7) is 3.30. The smallest absolute Gasteiger partial charge is 0.305 e. The number of anilines is 1. The van der Waals surface area contributed by atoms with Crippen molar-refractivity contribution in [3.8, 4) is 0 Å². The van der Waals surface area contributed by atoms with Crippen molar-refractivity contribution in [2.45, 2.75) is 58.3 Å². The van der Waals surface area contributed by atoms with Gasteiger partial charge in [0.05, 0.1) is 12.9 Å². The summed E-state index contributed by atoms with van der Waals surface area (Å²) in [6, 6.07) is 12.5. The highest BCUT2D eigenvalue weighted by molar-refractivity contribution is 5.69. The minimum absolute atomic E-state index is 0.102. The molecule has 4 nitrogen and oxygen atoms in total. The van der Waals surface area contributed by atoms with Gasteiger partial charge in [-0.25, -0.2) is 0 Å². The first kappa shape index (κ1) is 20.1. The fourth-order valence-electron chi connectivity index (χ4n) is 2.92. The topological polar surface area (TPSA) is 51.5 Å². The van der Waals surface area contributed by atoms with Crippen molar-refractivity contribution in [1.29, 1.82) is 0 Å². The lowest BCUT2D eigenvalue weighted by atomic mass is 10.1. The molecule has 1 N–H and O–H groups in total. The van der Waals surface area contributed by atoms with Crippen LogP contribution in [0.3, 0.4) is 0 Å². The minimum atomic E-state index is -0.102. The van der Waals surface area contributed by atoms with Crippen LogP contribution in [-0.4, -0.2) is 19.1 Å². The number of hydrogen-bond donors (Lipinski definition) is 1. The van der Waals surface area contributed by atoms with Gasteiger partial charge in [0.15, 0.2) is 0 Å². The number of unbranched alkanes of at least 4 members (excludes halogenated alkanes) is 3. The van der Waals surface area contributed by atoms with Crippen LogP contribution in [-0.2, 0) is 22.4 Å². The Labute approximate surface area is 156 Å². The average Bonchev–Trinajstić information content (AvgIpc) is 3.16. The molecule has 0 fully saturated rings. The van der Waals surface area contributed by atoms with E-state index in [1.807, 2.05) is 19.1 Å². The van der Waals surface area contributed by atoms with Gasteiger partial charge in [-0.05, 0) is 62.4 Å². The van der Waals surface area contributed by atoms with E-state index in [4.69, 9.17) is 9.15 Å². The van der Waals surface area contributed by atoms with E-state index in [1.165, 1.54) is 31.2 Å². The van der Waals surface area contributed by atoms with Crippen LogP contribution in [0.2, 0.25) is 0 Å². The van der Waals surface area contributed by atoms with Crippen LogP contribution in [0.1, 0.15) is 56.8 Å². The molecule has 0 amide bonds. The molecule has 2 aromatic rings. The molecule has 0 bridgehead atoms. The predicted octanol–water partition coefficient (Wildman–Crippen LogP) is 5.38. The Morgan fingerprint density at radius 1 is 1.00 bits per heavy atom. The molecule has 0 radical (unpaired) electrons. The second-order valence-electron chi connectivity index (χ2n) is 6.53. The van der Waals surface area contributed by atoms with E-state index in [0.29, 0.717) is 13.0 Å². The summed E-state index contributed by atoms with van der Waals surface area (Å²) in [7, 11) is 0. The number of rotatable bonds is 13. The summed E-state index contributed by atoms with van der Waals surface area (Å²) in [5.74, 6) is 0.986. The van der Waals surface area contributed by atoms with E-state index in [-0.39, 0.29) is 5.97 Å². The van der Waals surface area contributed by atoms with Gasteiger partial charge in [-0.15, -0.1) is 0 Å². The Morgan fingerprint density at radius 3 is 2.54 bits per heavy atom. The largest absolute Gasteiger partial charge is 0.469 e. The van der Waals surface area contributed by atoms with Crippen molar-refractivity contribution < 1.29 is 13.9 Å². The van der Waals surface area contributed by atoms with Crippen LogP contribution < -0.4 is 5.32 Å². The molecule has 0 atom stereocenters. The maximum Gasteiger partial charge on any atom is 0.305 e. The first-order chi connectivity index (χ1) is 12.8. The van der Waals surface area contributed by atoms with Crippen LogP contribution in [0.5, 0.6) is 0 Å². The van der Waals surface area contributed by atoms with Gasteiger partial charge < -0.3 is 14.5 Å². The molecular weight excluding hydrogens is 326 g/mol. The van der Waals surface area contributed by atoms with E-state index in [9.17, 15) is 4.79 Å². The average molecular weight is 357 g/mol. The first-order valence-electron chi connectivity index (χ1n) is 9.78. The summed E-state index contributed by atoms with van der Waals surface area (Å²) >= 11 is 0. The van der Waals surface area contributed by atoms with Gasteiger partial charge in [0.2, 0.25) is 0 Å². The molecule has 0 aliphatic rings. The van der Waals surface area contributed by atoms with E-state index in [2.05, 4.69) is 29.6 Å². The van der Waals surface area contributed by atoms with Gasteiger partial charge >= 0.3 is 5.97 Å². The lowest BCUT2D eigenvalue weighted by Gasteiger charge is -2.08. The number of esters is 1. The Balaban J connectivity index is 1.51. The third kappa shape index (κ3) is 8.24. The monoisotopic (exact) mass is 357 g/mol. The van der Waals surface area contributed by atoms with Gasteiger partial charge in [0, 0.05) is 25.1 Å². The normalized spacial score (nSPS) is 10.7. The molecule has 0 unspecified atom stereocenters. The lowest BCUT2D eigenvalue weighted by Crippen LogP contribution is -2.04. The Hall–Kier alpha value is -2.23. The molecule has 0 aliphatic heterocycles. The molecule has 0 saturated carbocycles. The summed E-state index contributed by atoms with van der Waals surface area (Å²) in [5.41, 5.74) is 2.42.